The highest BCUT2D eigenvalue weighted by Gasteiger charge is 2.36. The first-order chi connectivity index (χ1) is 11.2. The summed E-state index contributed by atoms with van der Waals surface area (Å²) in [6.45, 7) is 8.70. The lowest BCUT2D eigenvalue weighted by Gasteiger charge is -2.29. The van der Waals surface area contributed by atoms with E-state index < -0.39 is 0 Å². The molecule has 3 heterocycles. The lowest BCUT2D eigenvalue weighted by atomic mass is 10.1. The van der Waals surface area contributed by atoms with E-state index in [0.29, 0.717) is 31.0 Å². The fourth-order valence-corrected chi connectivity index (χ4v) is 3.63. The molecule has 3 rings (SSSR count). The zero-order valence-corrected chi connectivity index (χ0v) is 14.1. The molecule has 1 aromatic heterocycles. The SMILES string of the molecule is CCN(Cc1nnc(C)o1)[C@H]1CN(C[C@H]2CCCCO2)C[C@H]1O. The van der Waals surface area contributed by atoms with Gasteiger partial charge in [0.15, 0.2) is 0 Å². The molecule has 1 aromatic rings. The molecule has 0 saturated carbocycles. The van der Waals surface area contributed by atoms with Crippen LogP contribution in [0.3, 0.4) is 0 Å². The van der Waals surface area contributed by atoms with Gasteiger partial charge in [-0.15, -0.1) is 10.2 Å². The largest absolute Gasteiger partial charge is 0.424 e. The Labute approximate surface area is 137 Å². The van der Waals surface area contributed by atoms with Crippen molar-refractivity contribution in [3.05, 3.63) is 11.8 Å². The number of aromatic nitrogens is 2. The van der Waals surface area contributed by atoms with Crippen LogP contribution in [0.1, 0.15) is 38.0 Å². The van der Waals surface area contributed by atoms with Crippen LogP contribution in [-0.4, -0.2) is 76.1 Å². The zero-order chi connectivity index (χ0) is 16.2. The smallest absolute Gasteiger partial charge is 0.230 e. The predicted molar refractivity (Wildman–Crippen MR) is 84.9 cm³/mol. The Hall–Kier alpha value is -1.02. The summed E-state index contributed by atoms with van der Waals surface area (Å²) in [5.74, 6) is 1.20. The van der Waals surface area contributed by atoms with E-state index in [-0.39, 0.29) is 12.1 Å². The summed E-state index contributed by atoms with van der Waals surface area (Å²) in [6, 6.07) is 0.107. The summed E-state index contributed by atoms with van der Waals surface area (Å²) in [5.41, 5.74) is 0. The third-order valence-electron chi connectivity index (χ3n) is 4.85. The molecule has 0 amide bonds. The highest BCUT2D eigenvalue weighted by molar-refractivity contribution is 4.93. The average Bonchev–Trinajstić information content (AvgIpc) is 3.11. The predicted octanol–water partition coefficient (Wildman–Crippen LogP) is 0.814. The minimum absolute atomic E-state index is 0.107. The number of hydrogen-bond donors (Lipinski definition) is 1. The van der Waals surface area contributed by atoms with Crippen LogP contribution in [0, 0.1) is 6.92 Å². The monoisotopic (exact) mass is 324 g/mol. The normalized spacial score (nSPS) is 29.5. The molecule has 2 aliphatic rings. The van der Waals surface area contributed by atoms with E-state index in [9.17, 15) is 5.11 Å². The first-order valence-electron chi connectivity index (χ1n) is 8.70. The van der Waals surface area contributed by atoms with Gasteiger partial charge in [0.25, 0.3) is 0 Å². The van der Waals surface area contributed by atoms with E-state index in [2.05, 4.69) is 26.9 Å². The van der Waals surface area contributed by atoms with Crippen LogP contribution in [0.15, 0.2) is 4.42 Å². The fraction of sp³-hybridized carbons (Fsp3) is 0.875. The highest BCUT2D eigenvalue weighted by Crippen LogP contribution is 2.21. The number of rotatable bonds is 6. The van der Waals surface area contributed by atoms with Crippen LogP contribution in [0.5, 0.6) is 0 Å². The van der Waals surface area contributed by atoms with Crippen LogP contribution in [-0.2, 0) is 11.3 Å². The van der Waals surface area contributed by atoms with E-state index >= 15 is 0 Å². The van der Waals surface area contributed by atoms with Crippen LogP contribution in [0.2, 0.25) is 0 Å². The molecule has 23 heavy (non-hydrogen) atoms. The van der Waals surface area contributed by atoms with Crippen molar-refractivity contribution in [2.45, 2.75) is 57.9 Å². The Morgan fingerprint density at radius 3 is 2.83 bits per heavy atom. The van der Waals surface area contributed by atoms with Gasteiger partial charge in [-0.3, -0.25) is 9.80 Å². The zero-order valence-electron chi connectivity index (χ0n) is 14.1. The minimum Gasteiger partial charge on any atom is -0.424 e. The Kier molecular flexibility index (Phi) is 5.63. The van der Waals surface area contributed by atoms with E-state index in [1.165, 1.54) is 12.8 Å². The maximum atomic E-state index is 10.5. The van der Waals surface area contributed by atoms with E-state index in [4.69, 9.17) is 9.15 Å². The average molecular weight is 324 g/mol. The molecule has 2 aliphatic heterocycles. The lowest BCUT2D eigenvalue weighted by Crippen LogP contribution is -2.43. The summed E-state index contributed by atoms with van der Waals surface area (Å²) in [5, 5.41) is 18.4. The van der Waals surface area contributed by atoms with Gasteiger partial charge in [0.1, 0.15) is 0 Å². The van der Waals surface area contributed by atoms with Crippen molar-refractivity contribution in [1.82, 2.24) is 20.0 Å². The number of aliphatic hydroxyl groups is 1. The van der Waals surface area contributed by atoms with Gasteiger partial charge in [0.05, 0.1) is 24.8 Å². The van der Waals surface area contributed by atoms with E-state index in [1.807, 2.05) is 0 Å². The lowest BCUT2D eigenvalue weighted by molar-refractivity contribution is -0.00371. The maximum absolute atomic E-state index is 10.5. The summed E-state index contributed by atoms with van der Waals surface area (Å²) in [7, 11) is 0. The Bertz CT molecular complexity index is 489. The molecule has 0 radical (unpaired) electrons. The Morgan fingerprint density at radius 1 is 1.30 bits per heavy atom. The molecule has 0 aliphatic carbocycles. The van der Waals surface area contributed by atoms with E-state index in [1.54, 1.807) is 6.92 Å². The minimum atomic E-state index is -0.345. The topological polar surface area (TPSA) is 74.9 Å². The van der Waals surface area contributed by atoms with Gasteiger partial charge in [-0.25, -0.2) is 0 Å². The number of aryl methyl sites for hydroxylation is 1. The first kappa shape index (κ1) is 16.8. The standard InChI is InChI=1S/C16H28N4O3/c1-3-20(11-16-18-17-12(2)23-16)14-9-19(10-15(14)21)8-13-6-4-5-7-22-13/h13-15,21H,3-11H2,1-2H3/t13-,14+,15-/m1/s1. The van der Waals surface area contributed by atoms with Gasteiger partial charge in [-0.2, -0.15) is 0 Å². The summed E-state index contributed by atoms with van der Waals surface area (Å²) in [6.07, 6.45) is 3.54. The van der Waals surface area contributed by atoms with Gasteiger partial charge >= 0.3 is 0 Å². The highest BCUT2D eigenvalue weighted by atomic mass is 16.5. The molecule has 0 unspecified atom stereocenters. The molecule has 1 N–H and O–H groups in total. The second-order valence-corrected chi connectivity index (χ2v) is 6.62. The number of likely N-dealkylation sites (tertiary alicyclic amines) is 1. The number of ether oxygens (including phenoxy) is 1. The van der Waals surface area contributed by atoms with Crippen LogP contribution in [0.4, 0.5) is 0 Å². The quantitative estimate of drug-likeness (QED) is 0.830. The van der Waals surface area contributed by atoms with Gasteiger partial charge in [0, 0.05) is 33.2 Å². The molecule has 2 fully saturated rings. The number of β-amino-alcohol motifs (C(OH)–C–C–N with tert-alkyl or cyclic N) is 1. The van der Waals surface area contributed by atoms with Crippen molar-refractivity contribution in [2.75, 3.05) is 32.8 Å². The van der Waals surface area contributed by atoms with Crippen molar-refractivity contribution in [3.8, 4) is 0 Å². The first-order valence-corrected chi connectivity index (χ1v) is 8.70. The fourth-order valence-electron chi connectivity index (χ4n) is 3.63. The third-order valence-corrected chi connectivity index (χ3v) is 4.85. The van der Waals surface area contributed by atoms with Crippen LogP contribution in [0.25, 0.3) is 0 Å². The van der Waals surface area contributed by atoms with Gasteiger partial charge in [-0.1, -0.05) is 6.92 Å². The molecule has 0 aromatic carbocycles. The molecule has 7 heteroatoms. The molecule has 7 nitrogen and oxygen atoms in total. The third kappa shape index (κ3) is 4.29. The van der Waals surface area contributed by atoms with Gasteiger partial charge in [0.2, 0.25) is 11.8 Å². The summed E-state index contributed by atoms with van der Waals surface area (Å²) in [4.78, 5) is 4.55. The second kappa shape index (κ2) is 7.70. The summed E-state index contributed by atoms with van der Waals surface area (Å²) >= 11 is 0. The summed E-state index contributed by atoms with van der Waals surface area (Å²) < 4.78 is 11.3. The molecule has 0 spiro atoms. The van der Waals surface area contributed by atoms with Crippen molar-refractivity contribution >= 4 is 0 Å². The molecule has 130 valence electrons. The molecule has 2 saturated heterocycles. The number of nitrogens with zero attached hydrogens (tertiary/aromatic N) is 4. The van der Waals surface area contributed by atoms with Crippen LogP contribution >= 0.6 is 0 Å². The second-order valence-electron chi connectivity index (χ2n) is 6.62. The van der Waals surface area contributed by atoms with Crippen molar-refractivity contribution in [2.24, 2.45) is 0 Å². The number of likely N-dealkylation sites (N-methyl/N-ethyl adjacent to an activating group) is 1. The number of aliphatic hydroxyl groups excluding tert-OH is 1. The maximum Gasteiger partial charge on any atom is 0.230 e. The van der Waals surface area contributed by atoms with Crippen molar-refractivity contribution in [1.29, 1.82) is 0 Å². The van der Waals surface area contributed by atoms with E-state index in [0.717, 1.165) is 32.7 Å². The molecular weight excluding hydrogens is 296 g/mol. The van der Waals surface area contributed by atoms with Crippen molar-refractivity contribution < 1.29 is 14.3 Å². The molecule has 0 bridgehead atoms. The van der Waals surface area contributed by atoms with Gasteiger partial charge < -0.3 is 14.3 Å². The molecule has 3 atom stereocenters. The number of hydrogen-bond acceptors (Lipinski definition) is 7. The Morgan fingerprint density at radius 2 is 2.17 bits per heavy atom. The molecular formula is C16H28N4O3. The Balaban J connectivity index is 1.55. The van der Waals surface area contributed by atoms with Crippen molar-refractivity contribution in [3.63, 3.8) is 0 Å². The van der Waals surface area contributed by atoms with Gasteiger partial charge in [-0.05, 0) is 25.8 Å². The van der Waals surface area contributed by atoms with Crippen LogP contribution < -0.4 is 0 Å².